The molecule has 0 spiro atoms. The number of hydrogen-bond donors (Lipinski definition) is 1. The summed E-state index contributed by atoms with van der Waals surface area (Å²) in [7, 11) is 0. The minimum absolute atomic E-state index is 0.0232. The first-order valence-electron chi connectivity index (χ1n) is 12.9. The molecular formula is C27H47NO3. The SMILES string of the molecule is CCCCCCCCCCCCCCCCNC(=O)c1cccc(OCCOCC)c1. The smallest absolute Gasteiger partial charge is 0.251 e. The van der Waals surface area contributed by atoms with Crippen LogP contribution in [-0.2, 0) is 4.74 Å². The maximum atomic E-state index is 12.3. The first-order valence-corrected chi connectivity index (χ1v) is 12.9. The molecule has 4 heteroatoms. The Morgan fingerprint density at radius 1 is 0.774 bits per heavy atom. The number of nitrogens with one attached hydrogen (secondary N) is 1. The highest BCUT2D eigenvalue weighted by molar-refractivity contribution is 5.94. The monoisotopic (exact) mass is 433 g/mol. The summed E-state index contributed by atoms with van der Waals surface area (Å²) < 4.78 is 10.9. The molecule has 1 N–H and O–H groups in total. The molecule has 0 unspecified atom stereocenters. The van der Waals surface area contributed by atoms with Gasteiger partial charge in [-0.05, 0) is 31.5 Å². The van der Waals surface area contributed by atoms with Crippen LogP contribution >= 0.6 is 0 Å². The second-order valence-electron chi connectivity index (χ2n) is 8.43. The Hall–Kier alpha value is -1.55. The van der Waals surface area contributed by atoms with E-state index in [-0.39, 0.29) is 5.91 Å². The Morgan fingerprint density at radius 2 is 1.35 bits per heavy atom. The van der Waals surface area contributed by atoms with Crippen molar-refractivity contribution in [1.82, 2.24) is 5.32 Å². The number of carbonyl (C=O) groups is 1. The summed E-state index contributed by atoms with van der Waals surface area (Å²) in [5, 5.41) is 3.03. The molecule has 0 saturated heterocycles. The van der Waals surface area contributed by atoms with Crippen molar-refractivity contribution in [3.05, 3.63) is 29.8 Å². The van der Waals surface area contributed by atoms with E-state index in [2.05, 4.69) is 12.2 Å². The van der Waals surface area contributed by atoms with Crippen molar-refractivity contribution >= 4 is 5.91 Å². The summed E-state index contributed by atoms with van der Waals surface area (Å²) in [6, 6.07) is 7.36. The van der Waals surface area contributed by atoms with E-state index in [9.17, 15) is 4.79 Å². The van der Waals surface area contributed by atoms with Gasteiger partial charge >= 0.3 is 0 Å². The zero-order valence-electron chi connectivity index (χ0n) is 20.3. The van der Waals surface area contributed by atoms with Gasteiger partial charge in [0.25, 0.3) is 5.91 Å². The highest BCUT2D eigenvalue weighted by Crippen LogP contribution is 2.14. The average molecular weight is 434 g/mol. The summed E-state index contributed by atoms with van der Waals surface area (Å²) in [6.45, 7) is 6.73. The van der Waals surface area contributed by atoms with Gasteiger partial charge in [0.1, 0.15) is 12.4 Å². The Labute approximate surface area is 191 Å². The van der Waals surface area contributed by atoms with Crippen LogP contribution < -0.4 is 10.1 Å². The van der Waals surface area contributed by atoms with E-state index in [0.29, 0.717) is 31.1 Å². The lowest BCUT2D eigenvalue weighted by atomic mass is 10.0. The molecule has 0 aliphatic carbocycles. The Kier molecular flexibility index (Phi) is 18.0. The summed E-state index contributed by atoms with van der Waals surface area (Å²) >= 11 is 0. The largest absolute Gasteiger partial charge is 0.491 e. The number of amides is 1. The molecule has 0 aliphatic heterocycles. The van der Waals surface area contributed by atoms with Crippen molar-refractivity contribution in [3.8, 4) is 5.75 Å². The molecule has 0 saturated carbocycles. The van der Waals surface area contributed by atoms with Gasteiger partial charge in [0.15, 0.2) is 0 Å². The number of carbonyl (C=O) groups excluding carboxylic acids is 1. The molecule has 1 rings (SSSR count). The zero-order chi connectivity index (χ0) is 22.4. The van der Waals surface area contributed by atoms with Crippen molar-refractivity contribution in [3.63, 3.8) is 0 Å². The normalized spacial score (nSPS) is 10.9. The maximum absolute atomic E-state index is 12.3. The second-order valence-corrected chi connectivity index (χ2v) is 8.43. The minimum Gasteiger partial charge on any atom is -0.491 e. The van der Waals surface area contributed by atoms with E-state index in [4.69, 9.17) is 9.47 Å². The van der Waals surface area contributed by atoms with Gasteiger partial charge in [0.05, 0.1) is 6.61 Å². The fourth-order valence-corrected chi connectivity index (χ4v) is 3.71. The minimum atomic E-state index is -0.0232. The third-order valence-electron chi connectivity index (χ3n) is 5.61. The molecule has 0 aliphatic rings. The summed E-state index contributed by atoms with van der Waals surface area (Å²) in [4.78, 5) is 12.3. The number of ether oxygens (including phenoxy) is 2. The van der Waals surface area contributed by atoms with E-state index < -0.39 is 0 Å². The lowest BCUT2D eigenvalue weighted by molar-refractivity contribution is 0.0951. The van der Waals surface area contributed by atoms with Gasteiger partial charge in [-0.1, -0.05) is 96.5 Å². The van der Waals surface area contributed by atoms with Gasteiger partial charge in [0.2, 0.25) is 0 Å². The van der Waals surface area contributed by atoms with E-state index in [1.165, 1.54) is 83.5 Å². The highest BCUT2D eigenvalue weighted by atomic mass is 16.5. The van der Waals surface area contributed by atoms with Gasteiger partial charge in [-0.3, -0.25) is 4.79 Å². The lowest BCUT2D eigenvalue weighted by Crippen LogP contribution is -2.24. The van der Waals surface area contributed by atoms with Crippen molar-refractivity contribution in [1.29, 1.82) is 0 Å². The van der Waals surface area contributed by atoms with Crippen LogP contribution in [-0.4, -0.2) is 32.3 Å². The first kappa shape index (κ1) is 27.5. The molecule has 1 amide bonds. The molecule has 4 nitrogen and oxygen atoms in total. The van der Waals surface area contributed by atoms with Crippen LogP contribution in [0.1, 0.15) is 114 Å². The number of unbranched alkanes of at least 4 members (excludes halogenated alkanes) is 13. The average Bonchev–Trinajstić information content (AvgIpc) is 2.79. The van der Waals surface area contributed by atoms with Crippen molar-refractivity contribution < 1.29 is 14.3 Å². The van der Waals surface area contributed by atoms with E-state index >= 15 is 0 Å². The molecule has 178 valence electrons. The van der Waals surface area contributed by atoms with Crippen molar-refractivity contribution in [2.45, 2.75) is 104 Å². The predicted molar refractivity (Wildman–Crippen MR) is 131 cm³/mol. The van der Waals surface area contributed by atoms with Crippen LogP contribution in [0.5, 0.6) is 5.75 Å². The summed E-state index contributed by atoms with van der Waals surface area (Å²) in [6.07, 6.45) is 18.8. The highest BCUT2D eigenvalue weighted by Gasteiger charge is 2.06. The van der Waals surface area contributed by atoms with Crippen LogP contribution in [0, 0.1) is 0 Å². The van der Waals surface area contributed by atoms with Crippen LogP contribution in [0.15, 0.2) is 24.3 Å². The Morgan fingerprint density at radius 3 is 1.94 bits per heavy atom. The number of benzene rings is 1. The maximum Gasteiger partial charge on any atom is 0.251 e. The molecule has 0 atom stereocenters. The molecule has 0 bridgehead atoms. The lowest BCUT2D eigenvalue weighted by Gasteiger charge is -2.09. The molecule has 31 heavy (non-hydrogen) atoms. The zero-order valence-corrected chi connectivity index (χ0v) is 20.3. The number of rotatable bonds is 21. The topological polar surface area (TPSA) is 47.6 Å². The fraction of sp³-hybridized carbons (Fsp3) is 0.741. The molecule has 0 heterocycles. The first-order chi connectivity index (χ1) is 15.3. The van der Waals surface area contributed by atoms with Gasteiger partial charge in [-0.25, -0.2) is 0 Å². The predicted octanol–water partition coefficient (Wildman–Crippen LogP) is 7.31. The summed E-state index contributed by atoms with van der Waals surface area (Å²) in [5.41, 5.74) is 0.652. The van der Waals surface area contributed by atoms with E-state index in [1.54, 1.807) is 6.07 Å². The second kappa shape index (κ2) is 20.4. The summed E-state index contributed by atoms with van der Waals surface area (Å²) in [5.74, 6) is 0.689. The van der Waals surface area contributed by atoms with Crippen LogP contribution in [0.2, 0.25) is 0 Å². The molecule has 0 aromatic heterocycles. The van der Waals surface area contributed by atoms with Crippen molar-refractivity contribution in [2.75, 3.05) is 26.4 Å². The fourth-order valence-electron chi connectivity index (χ4n) is 3.71. The Bertz CT molecular complexity index is 547. The molecular weight excluding hydrogens is 386 g/mol. The molecule has 1 aromatic carbocycles. The van der Waals surface area contributed by atoms with Gasteiger partial charge < -0.3 is 14.8 Å². The number of hydrogen-bond acceptors (Lipinski definition) is 3. The van der Waals surface area contributed by atoms with E-state index in [1.807, 2.05) is 25.1 Å². The van der Waals surface area contributed by atoms with Crippen LogP contribution in [0.25, 0.3) is 0 Å². The quantitative estimate of drug-likeness (QED) is 0.207. The van der Waals surface area contributed by atoms with Gasteiger partial charge in [-0.15, -0.1) is 0 Å². The van der Waals surface area contributed by atoms with Crippen LogP contribution in [0.4, 0.5) is 0 Å². The van der Waals surface area contributed by atoms with Crippen LogP contribution in [0.3, 0.4) is 0 Å². The molecule has 0 radical (unpaired) electrons. The van der Waals surface area contributed by atoms with Crippen molar-refractivity contribution in [2.24, 2.45) is 0 Å². The standard InChI is InChI=1S/C27H47NO3/c1-3-5-6-7-8-9-10-11-12-13-14-15-16-17-21-28-27(29)25-19-18-20-26(24-25)31-23-22-30-4-2/h18-20,24H,3-17,21-23H2,1-2H3,(H,28,29). The molecule has 1 aromatic rings. The van der Waals surface area contributed by atoms with E-state index in [0.717, 1.165) is 13.0 Å². The Balaban J connectivity index is 1.95. The third-order valence-corrected chi connectivity index (χ3v) is 5.61. The van der Waals surface area contributed by atoms with Gasteiger partial charge in [-0.2, -0.15) is 0 Å². The third kappa shape index (κ3) is 15.8. The van der Waals surface area contributed by atoms with Gasteiger partial charge in [0, 0.05) is 18.7 Å². The molecule has 0 fully saturated rings.